The lowest BCUT2D eigenvalue weighted by Crippen LogP contribution is -2.59. The lowest BCUT2D eigenvalue weighted by Gasteiger charge is -2.35. The van der Waals surface area contributed by atoms with Gasteiger partial charge < -0.3 is 30.5 Å². The van der Waals surface area contributed by atoms with Gasteiger partial charge in [0.25, 0.3) is 0 Å². The molecule has 10 nitrogen and oxygen atoms in total. The molecule has 3 aliphatic rings. The smallest absolute Gasteiger partial charge is 0.408 e. The number of carboxylic acids is 1. The van der Waals surface area contributed by atoms with Gasteiger partial charge in [-0.3, -0.25) is 9.59 Å². The number of ether oxygens (including phenoxy) is 1. The average molecular weight is 496 g/mol. The Morgan fingerprint density at radius 2 is 1.71 bits per heavy atom. The largest absolute Gasteiger partial charge is 0.479 e. The second-order valence-electron chi connectivity index (χ2n) is 11.9. The molecular formula is C25H41N3O7. The summed E-state index contributed by atoms with van der Waals surface area (Å²) in [6.07, 6.45) is 0.678. The van der Waals surface area contributed by atoms with E-state index in [4.69, 9.17) is 4.74 Å². The van der Waals surface area contributed by atoms with Crippen LogP contribution in [0.2, 0.25) is 0 Å². The molecule has 0 aromatic heterocycles. The topological polar surface area (TPSA) is 145 Å². The number of carbonyl (C=O) groups is 4. The summed E-state index contributed by atoms with van der Waals surface area (Å²) >= 11 is 0. The number of carboxylic acid groups (broad SMARTS) is 1. The number of rotatable bonds is 7. The van der Waals surface area contributed by atoms with Crippen LogP contribution in [0, 0.1) is 23.2 Å². The number of nitrogens with zero attached hydrogens (tertiary/aromatic N) is 1. The van der Waals surface area contributed by atoms with Crippen LogP contribution in [0.15, 0.2) is 0 Å². The highest BCUT2D eigenvalue weighted by Gasteiger charge is 2.61. The Bertz CT molecular complexity index is 846. The summed E-state index contributed by atoms with van der Waals surface area (Å²) < 4.78 is 5.60. The zero-order valence-electron chi connectivity index (χ0n) is 21.7. The summed E-state index contributed by atoms with van der Waals surface area (Å²) in [5.41, 5.74) is -2.03. The molecule has 35 heavy (non-hydrogen) atoms. The Morgan fingerprint density at radius 1 is 1.11 bits per heavy atom. The van der Waals surface area contributed by atoms with Gasteiger partial charge >= 0.3 is 12.1 Å². The third kappa shape index (κ3) is 5.73. The molecule has 4 N–H and O–H groups in total. The predicted molar refractivity (Wildman–Crippen MR) is 127 cm³/mol. The van der Waals surface area contributed by atoms with Crippen molar-refractivity contribution in [2.75, 3.05) is 6.54 Å². The van der Waals surface area contributed by atoms with E-state index in [2.05, 4.69) is 24.5 Å². The van der Waals surface area contributed by atoms with Crippen LogP contribution in [0.25, 0.3) is 0 Å². The maximum atomic E-state index is 13.6. The molecular weight excluding hydrogens is 454 g/mol. The molecule has 3 amide bonds. The number of amides is 3. The number of nitrogens with one attached hydrogen (secondary N) is 2. The lowest BCUT2D eigenvalue weighted by molar-refractivity contribution is -0.146. The summed E-state index contributed by atoms with van der Waals surface area (Å²) in [6, 6.07) is -2.02. The maximum Gasteiger partial charge on any atom is 0.408 e. The highest BCUT2D eigenvalue weighted by molar-refractivity contribution is 5.96. The fraction of sp³-hybridized carbons (Fsp3) is 0.840. The maximum absolute atomic E-state index is 13.6. The molecule has 10 heteroatoms. The van der Waals surface area contributed by atoms with E-state index in [-0.39, 0.29) is 25.0 Å². The van der Waals surface area contributed by atoms with Crippen molar-refractivity contribution < 1.29 is 34.1 Å². The molecule has 3 rings (SSSR count). The SMILES string of the molecule is CC[C@@H]1C[C@]1(NC(=O)[C@@H]1C[C@@H](O)CN1C(=O)[C@@H](NC(=O)OC1C[C@@H](C)[C@@H](C)C1)C(C)(C)C)C(=O)O. The highest BCUT2D eigenvalue weighted by Crippen LogP contribution is 2.46. The minimum absolute atomic E-state index is 0.00320. The van der Waals surface area contributed by atoms with Crippen LogP contribution in [-0.4, -0.2) is 75.4 Å². The van der Waals surface area contributed by atoms with E-state index in [1.54, 1.807) is 20.8 Å². The quantitative estimate of drug-likeness (QED) is 0.422. The van der Waals surface area contributed by atoms with Gasteiger partial charge in [0.05, 0.1) is 6.10 Å². The standard InChI is InChI=1S/C25H41N3O7/c1-7-15-11-25(15,22(32)33)27-20(30)18-10-16(29)12-28(18)21(31)19(24(4,5)6)26-23(34)35-17-8-13(2)14(3)9-17/h13-19,29H,7-12H2,1-6H3,(H,26,34)(H,27,30)(H,32,33)/t13-,14+,15-,16-,17?,18+,19-,25-/m1/s1. The molecule has 1 aliphatic heterocycles. The van der Waals surface area contributed by atoms with Crippen molar-refractivity contribution in [3.63, 3.8) is 0 Å². The minimum atomic E-state index is -1.32. The second kappa shape index (κ2) is 9.95. The van der Waals surface area contributed by atoms with Crippen LogP contribution in [0.5, 0.6) is 0 Å². The van der Waals surface area contributed by atoms with Crippen LogP contribution in [0.1, 0.15) is 73.6 Å². The number of hydrogen-bond acceptors (Lipinski definition) is 6. The lowest BCUT2D eigenvalue weighted by atomic mass is 9.85. The van der Waals surface area contributed by atoms with Crippen molar-refractivity contribution >= 4 is 23.9 Å². The first-order valence-corrected chi connectivity index (χ1v) is 12.7. The molecule has 198 valence electrons. The summed E-state index contributed by atoms with van der Waals surface area (Å²) in [6.45, 7) is 11.4. The van der Waals surface area contributed by atoms with Crippen LogP contribution in [0.3, 0.4) is 0 Å². The Balaban J connectivity index is 1.72. The van der Waals surface area contributed by atoms with E-state index < -0.39 is 53.0 Å². The van der Waals surface area contributed by atoms with Crippen molar-refractivity contribution in [2.24, 2.45) is 23.2 Å². The van der Waals surface area contributed by atoms with E-state index in [0.717, 1.165) is 12.8 Å². The zero-order chi connectivity index (χ0) is 26.3. The Morgan fingerprint density at radius 3 is 2.20 bits per heavy atom. The normalized spacial score (nSPS) is 35.3. The number of aliphatic hydroxyl groups is 1. The molecule has 1 unspecified atom stereocenters. The molecule has 0 spiro atoms. The Hall–Kier alpha value is -2.36. The van der Waals surface area contributed by atoms with Gasteiger partial charge in [0.2, 0.25) is 11.8 Å². The van der Waals surface area contributed by atoms with Gasteiger partial charge in [-0.25, -0.2) is 9.59 Å². The average Bonchev–Trinajstić information content (AvgIpc) is 3.18. The van der Waals surface area contributed by atoms with Gasteiger partial charge in [-0.05, 0) is 42.4 Å². The number of alkyl carbamates (subject to hydrolysis) is 1. The molecule has 2 aliphatic carbocycles. The molecule has 3 fully saturated rings. The van der Waals surface area contributed by atoms with Crippen LogP contribution in [-0.2, 0) is 19.1 Å². The van der Waals surface area contributed by atoms with E-state index in [0.29, 0.717) is 24.7 Å². The summed E-state index contributed by atoms with van der Waals surface area (Å²) in [7, 11) is 0. The van der Waals surface area contributed by atoms with Crippen LogP contribution in [0.4, 0.5) is 4.79 Å². The molecule has 1 heterocycles. The predicted octanol–water partition coefficient (Wildman–Crippen LogP) is 1.89. The number of aliphatic carboxylic acids is 1. The van der Waals surface area contributed by atoms with E-state index in [9.17, 15) is 29.4 Å². The number of hydrogen-bond donors (Lipinski definition) is 4. The third-order valence-corrected chi connectivity index (χ3v) is 8.08. The number of aliphatic hydroxyl groups excluding tert-OH is 1. The number of β-amino-alcohol motifs (C(OH)–C–C–N with tert-alkyl or cyclic N) is 1. The van der Waals surface area contributed by atoms with Crippen molar-refractivity contribution in [1.29, 1.82) is 0 Å². The fourth-order valence-electron chi connectivity index (χ4n) is 5.50. The first kappa shape index (κ1) is 27.2. The second-order valence-corrected chi connectivity index (χ2v) is 11.9. The molecule has 0 radical (unpaired) electrons. The highest BCUT2D eigenvalue weighted by atomic mass is 16.6. The van der Waals surface area contributed by atoms with Gasteiger partial charge in [-0.1, -0.05) is 48.0 Å². The first-order valence-electron chi connectivity index (χ1n) is 12.7. The Kier molecular flexibility index (Phi) is 7.74. The van der Waals surface area contributed by atoms with E-state index >= 15 is 0 Å². The molecule has 1 saturated heterocycles. The van der Waals surface area contributed by atoms with Gasteiger partial charge in [0.1, 0.15) is 23.7 Å². The van der Waals surface area contributed by atoms with Gasteiger partial charge in [-0.15, -0.1) is 0 Å². The number of carbonyl (C=O) groups excluding carboxylic acids is 3. The zero-order valence-corrected chi connectivity index (χ0v) is 21.7. The Labute approximate surface area is 207 Å². The third-order valence-electron chi connectivity index (χ3n) is 8.08. The fourth-order valence-corrected chi connectivity index (χ4v) is 5.50. The molecule has 2 saturated carbocycles. The van der Waals surface area contributed by atoms with E-state index in [1.165, 1.54) is 4.90 Å². The van der Waals surface area contributed by atoms with Crippen molar-refractivity contribution in [3.8, 4) is 0 Å². The van der Waals surface area contributed by atoms with Gasteiger partial charge in [0, 0.05) is 13.0 Å². The summed E-state index contributed by atoms with van der Waals surface area (Å²) in [4.78, 5) is 52.5. The summed E-state index contributed by atoms with van der Waals surface area (Å²) in [5.74, 6) is -1.47. The number of likely N-dealkylation sites (tertiary alicyclic amines) is 1. The van der Waals surface area contributed by atoms with Gasteiger partial charge in [0.15, 0.2) is 0 Å². The van der Waals surface area contributed by atoms with Crippen molar-refractivity contribution in [2.45, 2.75) is 103 Å². The van der Waals surface area contributed by atoms with Crippen LogP contribution < -0.4 is 10.6 Å². The van der Waals surface area contributed by atoms with E-state index in [1.807, 2.05) is 6.92 Å². The summed E-state index contributed by atoms with van der Waals surface area (Å²) in [5, 5.41) is 25.3. The van der Waals surface area contributed by atoms with Crippen molar-refractivity contribution in [3.05, 3.63) is 0 Å². The minimum Gasteiger partial charge on any atom is -0.479 e. The first-order chi connectivity index (χ1) is 16.2. The van der Waals surface area contributed by atoms with Gasteiger partial charge in [-0.2, -0.15) is 0 Å². The van der Waals surface area contributed by atoms with Crippen LogP contribution >= 0.6 is 0 Å². The monoisotopic (exact) mass is 495 g/mol. The molecule has 0 aromatic carbocycles. The molecule has 0 bridgehead atoms. The molecule has 8 atom stereocenters. The van der Waals surface area contributed by atoms with Crippen molar-refractivity contribution in [1.82, 2.24) is 15.5 Å². The molecule has 0 aromatic rings.